The maximum absolute atomic E-state index is 13.4. The summed E-state index contributed by atoms with van der Waals surface area (Å²) in [5.74, 6) is 0.305. The lowest BCUT2D eigenvalue weighted by Gasteiger charge is -2.40. The summed E-state index contributed by atoms with van der Waals surface area (Å²) >= 11 is 0. The van der Waals surface area contributed by atoms with E-state index in [9.17, 15) is 14.7 Å². The number of amides is 2. The summed E-state index contributed by atoms with van der Waals surface area (Å²) in [7, 11) is 1.55. The van der Waals surface area contributed by atoms with Crippen LogP contribution in [0.3, 0.4) is 0 Å². The van der Waals surface area contributed by atoms with Gasteiger partial charge in [0.25, 0.3) is 5.91 Å². The molecule has 0 saturated carbocycles. The molecule has 9 heteroatoms. The number of guanidine groups is 1. The first-order valence-corrected chi connectivity index (χ1v) is 12.7. The number of methoxy groups -OCH3 is 1. The van der Waals surface area contributed by atoms with Crippen molar-refractivity contribution in [2.45, 2.75) is 63.3 Å². The smallest absolute Gasteiger partial charge is 0.251 e. The molecular formula is C28H36N4O5. The van der Waals surface area contributed by atoms with Gasteiger partial charge in [0.1, 0.15) is 18.0 Å². The zero-order chi connectivity index (χ0) is 26.8. The number of benzene rings is 2. The maximum atomic E-state index is 13.4. The number of aliphatic imine (C=N–C) groups is 1. The Labute approximate surface area is 217 Å². The number of hydrogen-bond acceptors (Lipinski definition) is 7. The fourth-order valence-electron chi connectivity index (χ4n) is 5.13. The summed E-state index contributed by atoms with van der Waals surface area (Å²) in [6.45, 7) is 5.88. The molecule has 0 spiro atoms. The quantitative estimate of drug-likeness (QED) is 0.503. The fourth-order valence-corrected chi connectivity index (χ4v) is 5.13. The van der Waals surface area contributed by atoms with E-state index in [1.165, 1.54) is 4.90 Å². The van der Waals surface area contributed by atoms with Gasteiger partial charge in [0.05, 0.1) is 30.7 Å². The first kappa shape index (κ1) is 26.6. The van der Waals surface area contributed by atoms with Crippen LogP contribution in [-0.4, -0.2) is 59.2 Å². The second kappa shape index (κ2) is 10.5. The van der Waals surface area contributed by atoms with Crippen molar-refractivity contribution in [1.29, 1.82) is 0 Å². The average Bonchev–Trinajstić information content (AvgIpc) is 2.89. The number of nitrogens with one attached hydrogen (secondary N) is 1. The third kappa shape index (κ3) is 5.19. The molecular weight excluding hydrogens is 472 g/mol. The molecule has 0 aromatic heterocycles. The van der Waals surface area contributed by atoms with E-state index in [4.69, 9.17) is 20.2 Å². The highest BCUT2D eigenvalue weighted by atomic mass is 16.5. The van der Waals surface area contributed by atoms with E-state index < -0.39 is 23.2 Å². The summed E-state index contributed by atoms with van der Waals surface area (Å²) < 4.78 is 11.1. The topological polar surface area (TPSA) is 126 Å². The second-order valence-corrected chi connectivity index (χ2v) is 10.0. The Balaban J connectivity index is 1.63. The third-order valence-electron chi connectivity index (χ3n) is 7.48. The van der Waals surface area contributed by atoms with Crippen LogP contribution in [-0.2, 0) is 9.53 Å². The van der Waals surface area contributed by atoms with Gasteiger partial charge in [0.15, 0.2) is 5.96 Å². The number of nitrogens with zero attached hydrogens (tertiary/aromatic N) is 2. The van der Waals surface area contributed by atoms with Gasteiger partial charge in [-0.25, -0.2) is 4.99 Å². The minimum absolute atomic E-state index is 0.0532. The highest BCUT2D eigenvalue weighted by Gasteiger charge is 2.42. The number of ether oxygens (including phenoxy) is 2. The molecule has 2 aliphatic rings. The lowest BCUT2D eigenvalue weighted by Crippen LogP contribution is -2.53. The van der Waals surface area contributed by atoms with Gasteiger partial charge in [0.2, 0.25) is 5.91 Å². The first-order valence-electron chi connectivity index (χ1n) is 12.7. The highest BCUT2D eigenvalue weighted by Crippen LogP contribution is 2.38. The van der Waals surface area contributed by atoms with Crippen molar-refractivity contribution in [1.82, 2.24) is 10.2 Å². The zero-order valence-electron chi connectivity index (χ0n) is 21.9. The first-order chi connectivity index (χ1) is 17.6. The van der Waals surface area contributed by atoms with Crippen molar-refractivity contribution in [3.8, 4) is 5.75 Å². The van der Waals surface area contributed by atoms with E-state index in [1.54, 1.807) is 32.2 Å². The summed E-state index contributed by atoms with van der Waals surface area (Å²) in [5, 5.41) is 13.9. The van der Waals surface area contributed by atoms with Crippen LogP contribution in [0.5, 0.6) is 5.75 Å². The molecule has 37 heavy (non-hydrogen) atoms. The highest BCUT2D eigenvalue weighted by molar-refractivity contribution is 6.00. The van der Waals surface area contributed by atoms with Crippen LogP contribution >= 0.6 is 0 Å². The molecule has 4 rings (SSSR count). The van der Waals surface area contributed by atoms with Crippen LogP contribution in [0, 0.1) is 0 Å². The molecule has 2 heterocycles. The van der Waals surface area contributed by atoms with Gasteiger partial charge in [-0.3, -0.25) is 14.5 Å². The van der Waals surface area contributed by atoms with E-state index in [-0.39, 0.29) is 37.4 Å². The van der Waals surface area contributed by atoms with Crippen molar-refractivity contribution in [2.24, 2.45) is 10.7 Å². The number of aliphatic hydroxyl groups is 1. The summed E-state index contributed by atoms with van der Waals surface area (Å²) in [6, 6.07) is 13.1. The molecule has 2 aliphatic heterocycles. The fraction of sp³-hybridized carbons (Fsp3) is 0.464. The maximum Gasteiger partial charge on any atom is 0.251 e. The largest absolute Gasteiger partial charge is 0.490 e. The second-order valence-electron chi connectivity index (χ2n) is 10.0. The molecule has 1 unspecified atom stereocenters. The SMILES string of the molecule is CCC1(CC)CC(=O)N(C(COC)c2cccc(C(=O)N[C@@H]3c4ccccc4OC[C@]3(C)O)c2)C(N)=N1. The van der Waals surface area contributed by atoms with Crippen LogP contribution < -0.4 is 15.8 Å². The van der Waals surface area contributed by atoms with Crippen molar-refractivity contribution >= 4 is 17.8 Å². The monoisotopic (exact) mass is 508 g/mol. The van der Waals surface area contributed by atoms with Crippen molar-refractivity contribution in [2.75, 3.05) is 20.3 Å². The molecule has 4 N–H and O–H groups in total. The van der Waals surface area contributed by atoms with Crippen molar-refractivity contribution in [3.63, 3.8) is 0 Å². The summed E-state index contributed by atoms with van der Waals surface area (Å²) in [6.07, 6.45) is 1.69. The van der Waals surface area contributed by atoms with Crippen LogP contribution in [0.2, 0.25) is 0 Å². The summed E-state index contributed by atoms with van der Waals surface area (Å²) in [4.78, 5) is 32.9. The Kier molecular flexibility index (Phi) is 7.57. The number of hydrogen-bond donors (Lipinski definition) is 3. The van der Waals surface area contributed by atoms with E-state index in [0.29, 0.717) is 35.3 Å². The Morgan fingerprint density at radius 1 is 1.27 bits per heavy atom. The third-order valence-corrected chi connectivity index (χ3v) is 7.48. The van der Waals surface area contributed by atoms with Gasteiger partial charge in [-0.05, 0) is 43.5 Å². The van der Waals surface area contributed by atoms with Gasteiger partial charge in [-0.1, -0.05) is 44.2 Å². The molecule has 3 atom stereocenters. The number of carbonyl (C=O) groups excluding carboxylic acids is 2. The minimum Gasteiger partial charge on any atom is -0.490 e. The number of fused-ring (bicyclic) bond motifs is 1. The van der Waals surface area contributed by atoms with E-state index >= 15 is 0 Å². The minimum atomic E-state index is -1.30. The molecule has 0 bridgehead atoms. The number of para-hydroxylation sites is 1. The summed E-state index contributed by atoms with van der Waals surface area (Å²) in [5.41, 5.74) is 6.34. The molecule has 198 valence electrons. The van der Waals surface area contributed by atoms with Gasteiger partial charge in [0, 0.05) is 18.2 Å². The molecule has 2 amide bonds. The molecule has 9 nitrogen and oxygen atoms in total. The Morgan fingerprint density at radius 3 is 2.68 bits per heavy atom. The number of nitrogens with two attached hydrogens (primary N) is 1. The Hall–Kier alpha value is -3.43. The van der Waals surface area contributed by atoms with Crippen LogP contribution in [0.15, 0.2) is 53.5 Å². The Bertz CT molecular complexity index is 1190. The average molecular weight is 509 g/mol. The molecule has 0 fully saturated rings. The molecule has 2 aromatic carbocycles. The lowest BCUT2D eigenvalue weighted by molar-refractivity contribution is -0.132. The lowest BCUT2D eigenvalue weighted by atomic mass is 9.87. The van der Waals surface area contributed by atoms with Gasteiger partial charge in [-0.2, -0.15) is 0 Å². The standard InChI is InChI=1S/C28H36N4O5/c1-5-28(6-2)15-23(33)32(26(29)31-28)21(16-36-4)18-10-9-11-19(14-18)25(34)30-24-20-12-7-8-13-22(20)37-17-27(24,3)35/h7-14,21,24,35H,5-6,15-17H2,1-4H3,(H2,29,31)(H,30,34)/t21?,24-,27+/m1/s1. The Morgan fingerprint density at radius 2 is 2.00 bits per heavy atom. The molecule has 2 aromatic rings. The molecule has 0 radical (unpaired) electrons. The zero-order valence-corrected chi connectivity index (χ0v) is 21.9. The van der Waals surface area contributed by atoms with E-state index in [0.717, 1.165) is 0 Å². The van der Waals surface area contributed by atoms with Crippen molar-refractivity contribution < 1.29 is 24.2 Å². The van der Waals surface area contributed by atoms with Crippen LogP contribution in [0.25, 0.3) is 0 Å². The molecule has 0 saturated heterocycles. The predicted molar refractivity (Wildman–Crippen MR) is 140 cm³/mol. The number of rotatable bonds is 8. The predicted octanol–water partition coefficient (Wildman–Crippen LogP) is 3.09. The van der Waals surface area contributed by atoms with Gasteiger partial charge in [-0.15, -0.1) is 0 Å². The van der Waals surface area contributed by atoms with E-state index in [2.05, 4.69) is 5.32 Å². The van der Waals surface area contributed by atoms with Gasteiger partial charge >= 0.3 is 0 Å². The van der Waals surface area contributed by atoms with Gasteiger partial charge < -0.3 is 25.6 Å². The van der Waals surface area contributed by atoms with Crippen LogP contribution in [0.1, 0.15) is 73.6 Å². The van der Waals surface area contributed by atoms with Crippen molar-refractivity contribution in [3.05, 3.63) is 65.2 Å². The molecule has 0 aliphatic carbocycles. The normalized spacial score (nSPS) is 23.5. The number of carbonyl (C=O) groups is 2. The van der Waals surface area contributed by atoms with Crippen LogP contribution in [0.4, 0.5) is 0 Å². The van der Waals surface area contributed by atoms with E-state index in [1.807, 2.05) is 44.2 Å².